The molecule has 0 amide bonds. The molecule has 18 heavy (non-hydrogen) atoms. The zero-order valence-corrected chi connectivity index (χ0v) is 11.8. The highest BCUT2D eigenvalue weighted by Gasteiger charge is 2.14. The van der Waals surface area contributed by atoms with Crippen LogP contribution in [-0.4, -0.2) is 14.5 Å². The molecule has 1 heterocycles. The second-order valence-electron chi connectivity index (χ2n) is 3.63. The Morgan fingerprint density at radius 2 is 2.33 bits per heavy atom. The number of nitrogens with one attached hydrogen (secondary N) is 1. The van der Waals surface area contributed by atoms with Crippen molar-refractivity contribution < 1.29 is 4.92 Å². The van der Waals surface area contributed by atoms with Crippen LogP contribution in [-0.2, 0) is 6.54 Å². The molecule has 0 aliphatic rings. The zero-order chi connectivity index (χ0) is 13.1. The van der Waals surface area contributed by atoms with E-state index < -0.39 is 4.92 Å². The standard InChI is InChI=1S/C10H9BrN4O2S/c1-6-2-8(11)9(3-10(6)15(16)17)12-4-7-5-18-14-13-7/h2-3,5,12H,4H2,1H3. The summed E-state index contributed by atoms with van der Waals surface area (Å²) in [4.78, 5) is 10.5. The maximum Gasteiger partial charge on any atom is 0.274 e. The minimum Gasteiger partial charge on any atom is -0.378 e. The molecule has 0 spiro atoms. The van der Waals surface area contributed by atoms with Gasteiger partial charge in [-0.3, -0.25) is 10.1 Å². The maximum absolute atomic E-state index is 10.9. The fourth-order valence-electron chi connectivity index (χ4n) is 1.44. The molecule has 1 N–H and O–H groups in total. The molecular weight excluding hydrogens is 320 g/mol. The second-order valence-corrected chi connectivity index (χ2v) is 5.09. The lowest BCUT2D eigenvalue weighted by Gasteiger charge is -2.08. The highest BCUT2D eigenvalue weighted by atomic mass is 79.9. The largest absolute Gasteiger partial charge is 0.378 e. The summed E-state index contributed by atoms with van der Waals surface area (Å²) in [5, 5.41) is 19.7. The van der Waals surface area contributed by atoms with Crippen LogP contribution in [0.4, 0.5) is 11.4 Å². The van der Waals surface area contributed by atoms with Crippen LogP contribution in [0, 0.1) is 17.0 Å². The quantitative estimate of drug-likeness (QED) is 0.688. The van der Waals surface area contributed by atoms with Gasteiger partial charge >= 0.3 is 0 Å². The predicted octanol–water partition coefficient (Wildman–Crippen LogP) is 3.13. The lowest BCUT2D eigenvalue weighted by atomic mass is 10.2. The van der Waals surface area contributed by atoms with Crippen molar-refractivity contribution in [1.82, 2.24) is 9.59 Å². The van der Waals surface area contributed by atoms with Crippen molar-refractivity contribution in [2.75, 3.05) is 5.32 Å². The van der Waals surface area contributed by atoms with E-state index in [1.807, 2.05) is 5.38 Å². The van der Waals surface area contributed by atoms with Gasteiger partial charge < -0.3 is 5.32 Å². The highest BCUT2D eigenvalue weighted by molar-refractivity contribution is 9.10. The van der Waals surface area contributed by atoms with Crippen LogP contribution < -0.4 is 5.32 Å². The van der Waals surface area contributed by atoms with Crippen molar-refractivity contribution >= 4 is 38.8 Å². The zero-order valence-electron chi connectivity index (χ0n) is 9.38. The van der Waals surface area contributed by atoms with Gasteiger partial charge in [0.25, 0.3) is 5.69 Å². The summed E-state index contributed by atoms with van der Waals surface area (Å²) in [5.74, 6) is 0. The number of nitro benzene ring substituents is 1. The maximum atomic E-state index is 10.9. The summed E-state index contributed by atoms with van der Waals surface area (Å²) in [7, 11) is 0. The molecule has 0 bridgehead atoms. The summed E-state index contributed by atoms with van der Waals surface area (Å²) < 4.78 is 4.53. The van der Waals surface area contributed by atoms with Crippen LogP contribution in [0.5, 0.6) is 0 Å². The Labute approximate surface area is 115 Å². The first-order valence-corrected chi connectivity index (χ1v) is 6.65. The third-order valence-corrected chi connectivity index (χ3v) is 3.56. The third kappa shape index (κ3) is 2.82. The molecule has 2 aromatic rings. The van der Waals surface area contributed by atoms with Crippen molar-refractivity contribution in [2.24, 2.45) is 0 Å². The number of nitro groups is 1. The predicted molar refractivity (Wildman–Crippen MR) is 72.8 cm³/mol. The molecular formula is C10H9BrN4O2S. The van der Waals surface area contributed by atoms with Gasteiger partial charge in [0, 0.05) is 21.5 Å². The van der Waals surface area contributed by atoms with Crippen LogP contribution in [0.3, 0.4) is 0 Å². The molecule has 0 aliphatic heterocycles. The number of anilines is 1. The third-order valence-electron chi connectivity index (χ3n) is 2.35. The van der Waals surface area contributed by atoms with Gasteiger partial charge in [-0.2, -0.15) is 0 Å². The molecule has 6 nitrogen and oxygen atoms in total. The Kier molecular flexibility index (Phi) is 3.87. The molecule has 0 unspecified atom stereocenters. The Morgan fingerprint density at radius 3 is 2.94 bits per heavy atom. The van der Waals surface area contributed by atoms with Gasteiger partial charge in [-0.1, -0.05) is 4.49 Å². The SMILES string of the molecule is Cc1cc(Br)c(NCc2csnn2)cc1[N+](=O)[O-]. The number of halogens is 1. The number of aryl methyl sites for hydroxylation is 1. The normalized spacial score (nSPS) is 10.3. The second kappa shape index (κ2) is 5.40. The average Bonchev–Trinajstić information content (AvgIpc) is 2.80. The van der Waals surface area contributed by atoms with Crippen LogP contribution in [0.25, 0.3) is 0 Å². The molecule has 0 saturated carbocycles. The Morgan fingerprint density at radius 1 is 1.56 bits per heavy atom. The first-order valence-electron chi connectivity index (χ1n) is 5.02. The van der Waals surface area contributed by atoms with E-state index in [0.29, 0.717) is 17.8 Å². The first-order chi connectivity index (χ1) is 8.58. The highest BCUT2D eigenvalue weighted by Crippen LogP contribution is 2.30. The molecule has 94 valence electrons. The average molecular weight is 329 g/mol. The van der Waals surface area contributed by atoms with Crippen molar-refractivity contribution in [3.63, 3.8) is 0 Å². The molecule has 0 fully saturated rings. The van der Waals surface area contributed by atoms with Crippen LogP contribution in [0.15, 0.2) is 22.0 Å². The molecule has 1 aromatic carbocycles. The molecule has 1 aromatic heterocycles. The fraction of sp³-hybridized carbons (Fsp3) is 0.200. The fourth-order valence-corrected chi connectivity index (χ4v) is 2.49. The topological polar surface area (TPSA) is 81.0 Å². The van der Waals surface area contributed by atoms with Crippen LogP contribution >= 0.6 is 27.5 Å². The molecule has 0 aliphatic carbocycles. The summed E-state index contributed by atoms with van der Waals surface area (Å²) in [5.41, 5.74) is 2.18. The van der Waals surface area contributed by atoms with E-state index in [2.05, 4.69) is 30.8 Å². The molecule has 8 heteroatoms. The molecule has 2 rings (SSSR count). The van der Waals surface area contributed by atoms with E-state index in [1.165, 1.54) is 17.6 Å². The molecule has 0 saturated heterocycles. The smallest absolute Gasteiger partial charge is 0.274 e. The molecule has 0 atom stereocenters. The summed E-state index contributed by atoms with van der Waals surface area (Å²) >= 11 is 4.64. The van der Waals surface area contributed by atoms with E-state index in [1.54, 1.807) is 13.0 Å². The minimum absolute atomic E-state index is 0.0945. The van der Waals surface area contributed by atoms with Gasteiger partial charge in [0.15, 0.2) is 0 Å². The van der Waals surface area contributed by atoms with Gasteiger partial charge in [0.1, 0.15) is 0 Å². The van der Waals surface area contributed by atoms with E-state index in [9.17, 15) is 10.1 Å². The van der Waals surface area contributed by atoms with Gasteiger partial charge in [-0.05, 0) is 40.5 Å². The Bertz CT molecular complexity index is 574. The number of nitrogens with zero attached hydrogens (tertiary/aromatic N) is 3. The summed E-state index contributed by atoms with van der Waals surface area (Å²) in [6.45, 7) is 2.19. The van der Waals surface area contributed by atoms with E-state index in [0.717, 1.165) is 10.2 Å². The van der Waals surface area contributed by atoms with Crippen molar-refractivity contribution in [3.05, 3.63) is 43.4 Å². The van der Waals surface area contributed by atoms with Gasteiger partial charge in [-0.15, -0.1) is 5.10 Å². The van der Waals surface area contributed by atoms with Crippen molar-refractivity contribution in [3.8, 4) is 0 Å². The van der Waals surface area contributed by atoms with E-state index in [4.69, 9.17) is 0 Å². The number of benzene rings is 1. The number of rotatable bonds is 4. The van der Waals surface area contributed by atoms with Crippen LogP contribution in [0.2, 0.25) is 0 Å². The van der Waals surface area contributed by atoms with Crippen LogP contribution in [0.1, 0.15) is 11.3 Å². The lowest BCUT2D eigenvalue weighted by Crippen LogP contribution is -2.02. The minimum atomic E-state index is -0.392. The Balaban J connectivity index is 2.22. The molecule has 0 radical (unpaired) electrons. The number of aromatic nitrogens is 2. The lowest BCUT2D eigenvalue weighted by molar-refractivity contribution is -0.385. The Hall–Kier alpha value is -1.54. The van der Waals surface area contributed by atoms with Crippen molar-refractivity contribution in [1.29, 1.82) is 0 Å². The van der Waals surface area contributed by atoms with E-state index >= 15 is 0 Å². The van der Waals surface area contributed by atoms with Gasteiger partial charge in [-0.25, -0.2) is 0 Å². The van der Waals surface area contributed by atoms with Crippen molar-refractivity contribution in [2.45, 2.75) is 13.5 Å². The number of hydrogen-bond acceptors (Lipinski definition) is 6. The van der Waals surface area contributed by atoms with E-state index in [-0.39, 0.29) is 5.69 Å². The number of hydrogen-bond donors (Lipinski definition) is 1. The van der Waals surface area contributed by atoms with Gasteiger partial charge in [0.2, 0.25) is 0 Å². The summed E-state index contributed by atoms with van der Waals surface area (Å²) in [6, 6.07) is 3.24. The summed E-state index contributed by atoms with van der Waals surface area (Å²) in [6.07, 6.45) is 0. The monoisotopic (exact) mass is 328 g/mol. The first kappa shape index (κ1) is 12.9. The van der Waals surface area contributed by atoms with Gasteiger partial charge in [0.05, 0.1) is 22.8 Å².